The number of carbonyl (C=O) groups is 1. The molecule has 1 atom stereocenters. The Hall–Kier alpha value is -3.32. The van der Waals surface area contributed by atoms with Gasteiger partial charge >= 0.3 is 0 Å². The molecule has 3 rings (SSSR count). The molecular weight excluding hydrogens is 412 g/mol. The molecule has 0 spiro atoms. The summed E-state index contributed by atoms with van der Waals surface area (Å²) in [5, 5.41) is 2.75. The minimum atomic E-state index is -3.75. The molecule has 3 aromatic carbocycles. The molecule has 0 aromatic heterocycles. The smallest absolute Gasteiger partial charge is 0.265 e. The highest BCUT2D eigenvalue weighted by molar-refractivity contribution is 7.92. The summed E-state index contributed by atoms with van der Waals surface area (Å²) in [5.74, 6) is 0.316. The van der Waals surface area contributed by atoms with E-state index in [9.17, 15) is 13.2 Å². The molecule has 162 valence electrons. The van der Waals surface area contributed by atoms with Gasteiger partial charge in [-0.3, -0.25) is 9.52 Å². The molecule has 0 bridgehead atoms. The summed E-state index contributed by atoms with van der Waals surface area (Å²) < 4.78 is 33.8. The predicted molar refractivity (Wildman–Crippen MR) is 123 cm³/mol. The van der Waals surface area contributed by atoms with Gasteiger partial charge < -0.3 is 10.1 Å². The zero-order valence-corrected chi connectivity index (χ0v) is 18.8. The second kappa shape index (κ2) is 9.22. The number of nitrogens with one attached hydrogen (secondary N) is 2. The first-order chi connectivity index (χ1) is 14.7. The van der Waals surface area contributed by atoms with E-state index in [1.807, 2.05) is 57.2 Å². The largest absolute Gasteiger partial charge is 0.481 e. The van der Waals surface area contributed by atoms with Crippen molar-refractivity contribution in [3.63, 3.8) is 0 Å². The molecule has 0 fully saturated rings. The van der Waals surface area contributed by atoms with Gasteiger partial charge in [0.1, 0.15) is 5.75 Å². The van der Waals surface area contributed by atoms with Gasteiger partial charge in [0, 0.05) is 5.69 Å². The third-order valence-corrected chi connectivity index (χ3v) is 6.22. The molecule has 0 aliphatic rings. The molecule has 2 N–H and O–H groups in total. The summed E-state index contributed by atoms with van der Waals surface area (Å²) in [4.78, 5) is 12.6. The van der Waals surface area contributed by atoms with E-state index in [-0.39, 0.29) is 10.8 Å². The van der Waals surface area contributed by atoms with Crippen LogP contribution in [0, 0.1) is 20.8 Å². The Morgan fingerprint density at radius 2 is 1.58 bits per heavy atom. The number of hydrogen-bond donors (Lipinski definition) is 2. The fourth-order valence-corrected chi connectivity index (χ4v) is 4.07. The SMILES string of the molecule is Cc1ccc(C)c(NS(=O)(=O)c2ccc(NC(=O)C(C)Oc3ccccc3C)cc2)c1. The summed E-state index contributed by atoms with van der Waals surface area (Å²) >= 11 is 0. The van der Waals surface area contributed by atoms with Crippen LogP contribution in [0.3, 0.4) is 0 Å². The van der Waals surface area contributed by atoms with E-state index in [0.29, 0.717) is 17.1 Å². The van der Waals surface area contributed by atoms with E-state index in [4.69, 9.17) is 4.74 Å². The summed E-state index contributed by atoms with van der Waals surface area (Å²) in [6.45, 7) is 7.31. The second-order valence-corrected chi connectivity index (χ2v) is 9.15. The van der Waals surface area contributed by atoms with Crippen molar-refractivity contribution in [3.8, 4) is 5.75 Å². The Balaban J connectivity index is 1.67. The molecule has 1 unspecified atom stereocenters. The minimum Gasteiger partial charge on any atom is -0.481 e. The van der Waals surface area contributed by atoms with Gasteiger partial charge in [-0.1, -0.05) is 30.3 Å². The van der Waals surface area contributed by atoms with Gasteiger partial charge in [0.2, 0.25) is 0 Å². The second-order valence-electron chi connectivity index (χ2n) is 7.46. The molecule has 0 aliphatic carbocycles. The predicted octanol–water partition coefficient (Wildman–Crippen LogP) is 4.82. The zero-order chi connectivity index (χ0) is 22.6. The molecule has 0 radical (unpaired) electrons. The first-order valence-corrected chi connectivity index (χ1v) is 11.4. The average Bonchev–Trinajstić information content (AvgIpc) is 2.72. The quantitative estimate of drug-likeness (QED) is 0.554. The Morgan fingerprint density at radius 1 is 0.903 bits per heavy atom. The molecule has 0 saturated heterocycles. The van der Waals surface area contributed by atoms with Gasteiger partial charge in [-0.15, -0.1) is 0 Å². The van der Waals surface area contributed by atoms with Gasteiger partial charge in [-0.25, -0.2) is 8.42 Å². The molecule has 6 nitrogen and oxygen atoms in total. The van der Waals surface area contributed by atoms with E-state index in [0.717, 1.165) is 16.7 Å². The van der Waals surface area contributed by atoms with Crippen LogP contribution in [0.5, 0.6) is 5.75 Å². The summed E-state index contributed by atoms with van der Waals surface area (Å²) in [6, 6.07) is 19.1. The van der Waals surface area contributed by atoms with Crippen molar-refractivity contribution >= 4 is 27.3 Å². The number of sulfonamides is 1. The van der Waals surface area contributed by atoms with Crippen molar-refractivity contribution < 1.29 is 17.9 Å². The van der Waals surface area contributed by atoms with Crippen LogP contribution in [0.1, 0.15) is 23.6 Å². The number of carbonyl (C=O) groups excluding carboxylic acids is 1. The lowest BCUT2D eigenvalue weighted by molar-refractivity contribution is -0.122. The first-order valence-electron chi connectivity index (χ1n) is 9.89. The van der Waals surface area contributed by atoms with Crippen LogP contribution < -0.4 is 14.8 Å². The van der Waals surface area contributed by atoms with Crippen LogP contribution in [0.4, 0.5) is 11.4 Å². The molecular formula is C24H26N2O4S. The van der Waals surface area contributed by atoms with Crippen LogP contribution in [-0.2, 0) is 14.8 Å². The number of benzene rings is 3. The number of rotatable bonds is 7. The molecule has 1 amide bonds. The monoisotopic (exact) mass is 438 g/mol. The van der Waals surface area contributed by atoms with Crippen LogP contribution in [0.2, 0.25) is 0 Å². The Kier molecular flexibility index (Phi) is 6.65. The number of aryl methyl sites for hydroxylation is 3. The molecule has 7 heteroatoms. The van der Waals surface area contributed by atoms with E-state index in [1.54, 1.807) is 25.1 Å². The normalized spacial score (nSPS) is 12.1. The lowest BCUT2D eigenvalue weighted by Crippen LogP contribution is -2.30. The molecule has 0 saturated carbocycles. The van der Waals surface area contributed by atoms with E-state index in [1.165, 1.54) is 12.1 Å². The third kappa shape index (κ3) is 5.64. The van der Waals surface area contributed by atoms with E-state index in [2.05, 4.69) is 10.0 Å². The summed E-state index contributed by atoms with van der Waals surface area (Å²) in [5.41, 5.74) is 3.76. The third-order valence-electron chi connectivity index (χ3n) is 4.84. The Bertz CT molecular complexity index is 1190. The van der Waals surface area contributed by atoms with Gasteiger partial charge in [-0.05, 0) is 80.8 Å². The Morgan fingerprint density at radius 3 is 2.26 bits per heavy atom. The minimum absolute atomic E-state index is 0.107. The maximum Gasteiger partial charge on any atom is 0.265 e. The van der Waals surface area contributed by atoms with Crippen molar-refractivity contribution in [1.82, 2.24) is 0 Å². The zero-order valence-electron chi connectivity index (χ0n) is 18.0. The summed E-state index contributed by atoms with van der Waals surface area (Å²) in [7, 11) is -3.75. The molecule has 0 heterocycles. The lowest BCUT2D eigenvalue weighted by atomic mass is 10.1. The van der Waals surface area contributed by atoms with Crippen molar-refractivity contribution in [2.75, 3.05) is 10.0 Å². The van der Waals surface area contributed by atoms with Crippen molar-refractivity contribution in [3.05, 3.63) is 83.4 Å². The van der Waals surface area contributed by atoms with Crippen molar-refractivity contribution in [2.24, 2.45) is 0 Å². The topological polar surface area (TPSA) is 84.5 Å². The van der Waals surface area contributed by atoms with Gasteiger partial charge in [-0.2, -0.15) is 0 Å². The van der Waals surface area contributed by atoms with Crippen LogP contribution in [0.15, 0.2) is 71.6 Å². The first kappa shape index (κ1) is 22.4. The highest BCUT2D eigenvalue weighted by Gasteiger charge is 2.18. The fraction of sp³-hybridized carbons (Fsp3) is 0.208. The molecule has 0 aliphatic heterocycles. The number of anilines is 2. The average molecular weight is 439 g/mol. The van der Waals surface area contributed by atoms with Crippen LogP contribution in [0.25, 0.3) is 0 Å². The maximum absolute atomic E-state index is 12.7. The highest BCUT2D eigenvalue weighted by Crippen LogP contribution is 2.22. The van der Waals surface area contributed by atoms with Crippen molar-refractivity contribution in [2.45, 2.75) is 38.7 Å². The van der Waals surface area contributed by atoms with Gasteiger partial charge in [0.25, 0.3) is 15.9 Å². The number of amides is 1. The van der Waals surface area contributed by atoms with Gasteiger partial charge in [0.05, 0.1) is 10.6 Å². The Labute approximate surface area is 183 Å². The highest BCUT2D eigenvalue weighted by atomic mass is 32.2. The number of hydrogen-bond acceptors (Lipinski definition) is 4. The summed E-state index contributed by atoms with van der Waals surface area (Å²) in [6.07, 6.45) is -0.713. The fourth-order valence-electron chi connectivity index (χ4n) is 2.94. The number of para-hydroxylation sites is 1. The van der Waals surface area contributed by atoms with Gasteiger partial charge in [0.15, 0.2) is 6.10 Å². The van der Waals surface area contributed by atoms with Crippen molar-refractivity contribution in [1.29, 1.82) is 0 Å². The maximum atomic E-state index is 12.7. The molecule has 3 aromatic rings. The molecule has 31 heavy (non-hydrogen) atoms. The van der Waals surface area contributed by atoms with E-state index >= 15 is 0 Å². The standard InChI is InChI=1S/C24H26N2O4S/c1-16-9-10-17(2)22(15-16)26-31(28,29)21-13-11-20(12-14-21)25-24(27)19(4)30-23-8-6-5-7-18(23)3/h5-15,19,26H,1-4H3,(H,25,27). The van der Waals surface area contributed by atoms with Crippen LogP contribution >= 0.6 is 0 Å². The van der Waals surface area contributed by atoms with E-state index < -0.39 is 16.1 Å². The number of ether oxygens (including phenoxy) is 1. The van der Waals surface area contributed by atoms with Crippen LogP contribution in [-0.4, -0.2) is 20.4 Å². The lowest BCUT2D eigenvalue weighted by Gasteiger charge is -2.16.